The molecule has 116 valence electrons. The van der Waals surface area contributed by atoms with Crippen molar-refractivity contribution in [1.29, 1.82) is 0 Å². The lowest BCUT2D eigenvalue weighted by molar-refractivity contribution is 0.581. The number of sulfonamides is 1. The van der Waals surface area contributed by atoms with Crippen LogP contribution in [0.25, 0.3) is 0 Å². The molecule has 0 aliphatic rings. The Kier molecular flexibility index (Phi) is 5.58. The first-order valence-electron chi connectivity index (χ1n) is 6.92. The molecule has 0 fully saturated rings. The minimum absolute atomic E-state index is 0.334. The Morgan fingerprint density at radius 1 is 1.38 bits per heavy atom. The lowest BCUT2D eigenvalue weighted by Crippen LogP contribution is -2.25. The molecular weight excluding hydrogens is 306 g/mol. The third-order valence-corrected chi connectivity index (χ3v) is 5.58. The van der Waals surface area contributed by atoms with Gasteiger partial charge in [-0.05, 0) is 37.9 Å². The van der Waals surface area contributed by atoms with E-state index in [2.05, 4.69) is 10.0 Å². The molecule has 2 aromatic rings. The first kappa shape index (κ1) is 16.2. The number of rotatable bonds is 8. The van der Waals surface area contributed by atoms with Gasteiger partial charge in [0.2, 0.25) is 10.0 Å². The predicted molar refractivity (Wildman–Crippen MR) is 86.1 cm³/mol. The SMILES string of the molecule is CCn1cc(S(=O)(=O)NCCc2cccs2)cc1CNC. The van der Waals surface area contributed by atoms with E-state index in [0.29, 0.717) is 18.0 Å². The van der Waals surface area contributed by atoms with E-state index in [1.165, 1.54) is 4.88 Å². The molecule has 0 unspecified atom stereocenters. The summed E-state index contributed by atoms with van der Waals surface area (Å²) in [5.41, 5.74) is 0.971. The van der Waals surface area contributed by atoms with Crippen LogP contribution in [0.3, 0.4) is 0 Å². The number of hydrogen-bond acceptors (Lipinski definition) is 4. The van der Waals surface area contributed by atoms with Crippen molar-refractivity contribution in [2.45, 2.75) is 31.3 Å². The quantitative estimate of drug-likeness (QED) is 0.777. The van der Waals surface area contributed by atoms with E-state index in [4.69, 9.17) is 0 Å². The van der Waals surface area contributed by atoms with E-state index in [0.717, 1.165) is 18.7 Å². The van der Waals surface area contributed by atoms with Gasteiger partial charge in [0.15, 0.2) is 0 Å². The average molecular weight is 327 g/mol. The van der Waals surface area contributed by atoms with E-state index in [9.17, 15) is 8.42 Å². The topological polar surface area (TPSA) is 63.1 Å². The van der Waals surface area contributed by atoms with Gasteiger partial charge in [-0.15, -0.1) is 11.3 Å². The van der Waals surface area contributed by atoms with Crippen LogP contribution in [0.5, 0.6) is 0 Å². The van der Waals surface area contributed by atoms with E-state index in [-0.39, 0.29) is 0 Å². The lowest BCUT2D eigenvalue weighted by atomic mass is 10.3. The highest BCUT2D eigenvalue weighted by Gasteiger charge is 2.17. The van der Waals surface area contributed by atoms with Crippen molar-refractivity contribution >= 4 is 21.4 Å². The Hall–Kier alpha value is -1.15. The third-order valence-electron chi connectivity index (χ3n) is 3.21. The van der Waals surface area contributed by atoms with Gasteiger partial charge >= 0.3 is 0 Å². The van der Waals surface area contributed by atoms with Gasteiger partial charge in [-0.2, -0.15) is 0 Å². The molecule has 0 amide bonds. The zero-order valence-corrected chi connectivity index (χ0v) is 13.9. The van der Waals surface area contributed by atoms with Crippen molar-refractivity contribution < 1.29 is 8.42 Å². The zero-order valence-electron chi connectivity index (χ0n) is 12.3. The van der Waals surface area contributed by atoms with Gasteiger partial charge < -0.3 is 9.88 Å². The second kappa shape index (κ2) is 7.22. The molecule has 21 heavy (non-hydrogen) atoms. The van der Waals surface area contributed by atoms with Crippen molar-refractivity contribution in [2.24, 2.45) is 0 Å². The van der Waals surface area contributed by atoms with E-state index in [1.54, 1.807) is 23.6 Å². The van der Waals surface area contributed by atoms with Crippen LogP contribution in [-0.2, 0) is 29.5 Å². The highest BCUT2D eigenvalue weighted by Crippen LogP contribution is 2.15. The van der Waals surface area contributed by atoms with Crippen LogP contribution in [-0.4, -0.2) is 26.6 Å². The second-order valence-corrected chi connectivity index (χ2v) is 7.51. The number of aryl methyl sites for hydroxylation is 1. The summed E-state index contributed by atoms with van der Waals surface area (Å²) in [6.07, 6.45) is 2.41. The first-order valence-corrected chi connectivity index (χ1v) is 9.28. The molecule has 0 atom stereocenters. The Balaban J connectivity index is 2.04. The maximum atomic E-state index is 12.3. The third kappa shape index (κ3) is 4.16. The standard InChI is InChI=1S/C14H21N3O2S2/c1-3-17-11-14(9-12(17)10-15-2)21(18,19)16-7-6-13-5-4-8-20-13/h4-5,8-9,11,15-16H,3,6-7,10H2,1-2H3. The monoisotopic (exact) mass is 327 g/mol. The van der Waals surface area contributed by atoms with Gasteiger partial charge in [0.25, 0.3) is 0 Å². The molecule has 2 heterocycles. The van der Waals surface area contributed by atoms with Crippen LogP contribution >= 0.6 is 11.3 Å². The molecule has 2 N–H and O–H groups in total. The summed E-state index contributed by atoms with van der Waals surface area (Å²) in [4.78, 5) is 1.51. The van der Waals surface area contributed by atoms with Gasteiger partial charge in [-0.1, -0.05) is 6.07 Å². The maximum Gasteiger partial charge on any atom is 0.242 e. The van der Waals surface area contributed by atoms with Crippen molar-refractivity contribution in [3.8, 4) is 0 Å². The summed E-state index contributed by atoms with van der Waals surface area (Å²) in [6, 6.07) is 5.71. The molecule has 0 aromatic carbocycles. The smallest absolute Gasteiger partial charge is 0.242 e. The van der Waals surface area contributed by atoms with Crippen molar-refractivity contribution in [1.82, 2.24) is 14.6 Å². The van der Waals surface area contributed by atoms with Crippen molar-refractivity contribution in [3.63, 3.8) is 0 Å². The molecule has 2 aromatic heterocycles. The summed E-state index contributed by atoms with van der Waals surface area (Å²) in [7, 11) is -1.59. The molecule has 5 nitrogen and oxygen atoms in total. The van der Waals surface area contributed by atoms with Gasteiger partial charge in [0, 0.05) is 36.4 Å². The summed E-state index contributed by atoms with van der Waals surface area (Å²) < 4.78 is 29.2. The molecule has 0 radical (unpaired) electrons. The summed E-state index contributed by atoms with van der Waals surface area (Å²) in [5.74, 6) is 0. The highest BCUT2D eigenvalue weighted by atomic mass is 32.2. The van der Waals surface area contributed by atoms with E-state index in [1.807, 2.05) is 36.1 Å². The van der Waals surface area contributed by atoms with Crippen LogP contribution < -0.4 is 10.0 Å². The molecule has 2 rings (SSSR count). The van der Waals surface area contributed by atoms with Gasteiger partial charge in [-0.25, -0.2) is 13.1 Å². The van der Waals surface area contributed by atoms with Crippen LogP contribution in [0.15, 0.2) is 34.7 Å². The number of nitrogens with one attached hydrogen (secondary N) is 2. The molecule has 0 saturated heterocycles. The minimum atomic E-state index is -3.44. The molecular formula is C14H21N3O2S2. The number of nitrogens with zero attached hydrogens (tertiary/aromatic N) is 1. The van der Waals surface area contributed by atoms with Gasteiger partial charge in [0.1, 0.15) is 0 Å². The summed E-state index contributed by atoms with van der Waals surface area (Å²) >= 11 is 1.64. The van der Waals surface area contributed by atoms with Crippen LogP contribution in [0.4, 0.5) is 0 Å². The first-order chi connectivity index (χ1) is 10.1. The normalized spacial score (nSPS) is 11.9. The number of hydrogen-bond donors (Lipinski definition) is 2. The fourth-order valence-electron chi connectivity index (χ4n) is 2.14. The maximum absolute atomic E-state index is 12.3. The predicted octanol–water partition coefficient (Wildman–Crippen LogP) is 1.81. The Labute approximate surface area is 130 Å². The fourth-order valence-corrected chi connectivity index (χ4v) is 3.95. The molecule has 0 spiro atoms. The lowest BCUT2D eigenvalue weighted by Gasteiger charge is -2.04. The highest BCUT2D eigenvalue weighted by molar-refractivity contribution is 7.89. The number of aromatic nitrogens is 1. The van der Waals surface area contributed by atoms with Crippen LogP contribution in [0, 0.1) is 0 Å². The Morgan fingerprint density at radius 3 is 2.81 bits per heavy atom. The molecule has 0 bridgehead atoms. The van der Waals surface area contributed by atoms with E-state index >= 15 is 0 Å². The van der Waals surface area contributed by atoms with E-state index < -0.39 is 10.0 Å². The van der Waals surface area contributed by atoms with Gasteiger partial charge in [0.05, 0.1) is 4.90 Å². The number of thiophene rings is 1. The molecule has 0 aliphatic heterocycles. The Morgan fingerprint density at radius 2 is 2.19 bits per heavy atom. The minimum Gasteiger partial charge on any atom is -0.349 e. The van der Waals surface area contributed by atoms with Crippen molar-refractivity contribution in [2.75, 3.05) is 13.6 Å². The largest absolute Gasteiger partial charge is 0.349 e. The molecule has 0 aliphatic carbocycles. The summed E-state index contributed by atoms with van der Waals surface area (Å²) in [6.45, 7) is 3.82. The average Bonchev–Trinajstić information content (AvgIpc) is 3.08. The zero-order chi connectivity index (χ0) is 15.3. The molecule has 7 heteroatoms. The van der Waals surface area contributed by atoms with Crippen LogP contribution in [0.2, 0.25) is 0 Å². The van der Waals surface area contributed by atoms with Gasteiger partial charge in [-0.3, -0.25) is 0 Å². The van der Waals surface area contributed by atoms with Crippen molar-refractivity contribution in [3.05, 3.63) is 40.3 Å². The Bertz CT molecular complexity index is 660. The fraction of sp³-hybridized carbons (Fsp3) is 0.429. The molecule has 0 saturated carbocycles. The second-order valence-electron chi connectivity index (χ2n) is 4.71. The summed E-state index contributed by atoms with van der Waals surface area (Å²) in [5, 5.41) is 5.05. The van der Waals surface area contributed by atoms with Crippen LogP contribution in [0.1, 0.15) is 17.5 Å².